The first-order chi connectivity index (χ1) is 20.5. The summed E-state index contributed by atoms with van der Waals surface area (Å²) in [4.78, 5) is 23.7. The van der Waals surface area contributed by atoms with Gasteiger partial charge in [0.1, 0.15) is 6.54 Å². The molecule has 1 aliphatic rings. The number of rotatable bonds is 13. The first-order valence-electron chi connectivity index (χ1n) is 14.1. The highest BCUT2D eigenvalue weighted by Gasteiger charge is 2.32. The van der Waals surface area contributed by atoms with E-state index in [0.717, 1.165) is 39.1 Å². The summed E-state index contributed by atoms with van der Waals surface area (Å²) >= 11 is 1.65. The minimum absolute atomic E-state index is 0.00775. The lowest BCUT2D eigenvalue weighted by Crippen LogP contribution is -2.38. The summed E-state index contributed by atoms with van der Waals surface area (Å²) in [5.74, 6) is 0.912. The summed E-state index contributed by atoms with van der Waals surface area (Å²) in [6.07, 6.45) is -0.0869. The van der Waals surface area contributed by atoms with Crippen molar-refractivity contribution in [3.05, 3.63) is 95.1 Å². The zero-order chi connectivity index (χ0) is 29.7. The summed E-state index contributed by atoms with van der Waals surface area (Å²) in [6, 6.07) is 23.1. The van der Waals surface area contributed by atoms with E-state index >= 15 is 0 Å². The second kappa shape index (κ2) is 16.3. The Labute approximate surface area is 250 Å². The smallest absolute Gasteiger partial charge is 0.325 e. The van der Waals surface area contributed by atoms with Crippen LogP contribution < -0.4 is 10.6 Å². The van der Waals surface area contributed by atoms with Crippen molar-refractivity contribution in [2.24, 2.45) is 0 Å². The van der Waals surface area contributed by atoms with Crippen molar-refractivity contribution in [2.75, 3.05) is 31.3 Å². The number of ether oxygens (including phenoxy) is 3. The molecule has 0 aromatic heterocycles. The Morgan fingerprint density at radius 3 is 2.40 bits per heavy atom. The van der Waals surface area contributed by atoms with E-state index in [1.807, 2.05) is 72.8 Å². The predicted octanol–water partition coefficient (Wildman–Crippen LogP) is 4.48. The maximum atomic E-state index is 12.2. The van der Waals surface area contributed by atoms with Crippen LogP contribution in [0.3, 0.4) is 0 Å². The number of carbonyl (C=O) groups is 2. The second-order valence-electron chi connectivity index (χ2n) is 9.77. The van der Waals surface area contributed by atoms with Crippen LogP contribution in [0.5, 0.6) is 0 Å². The van der Waals surface area contributed by atoms with Gasteiger partial charge in [-0.1, -0.05) is 72.8 Å². The number of nitrogens with one attached hydrogen (secondary N) is 2. The van der Waals surface area contributed by atoms with Gasteiger partial charge in [0.15, 0.2) is 6.29 Å². The molecule has 3 aromatic carbocycles. The molecular formula is C32H38N2O7S. The molecule has 42 heavy (non-hydrogen) atoms. The standard InChI is InChI=1S/C32H38N2O7S/c1-2-39-30(37)19-34-32(38)33-18-26-5-3-4-6-28(26)23-11-13-25(14-12-23)31-40-27(21-42-16-15-35)17-29(41-31)24-9-7-22(20-36)8-10-24/h3-14,27,29,31,35-36H,2,15-21H2,1H3,(H2,33,34,38). The number of hydrogen-bond donors (Lipinski definition) is 4. The van der Waals surface area contributed by atoms with Crippen LogP contribution in [0.25, 0.3) is 11.1 Å². The highest BCUT2D eigenvalue weighted by Crippen LogP contribution is 2.39. The maximum Gasteiger partial charge on any atom is 0.325 e. The molecule has 4 rings (SSSR count). The van der Waals surface area contributed by atoms with Crippen LogP contribution in [-0.2, 0) is 32.2 Å². The molecular weight excluding hydrogens is 556 g/mol. The second-order valence-corrected chi connectivity index (χ2v) is 10.9. The molecule has 1 fully saturated rings. The monoisotopic (exact) mass is 594 g/mol. The van der Waals surface area contributed by atoms with Crippen molar-refractivity contribution in [3.63, 3.8) is 0 Å². The molecule has 1 heterocycles. The Bertz CT molecular complexity index is 1290. The molecule has 0 radical (unpaired) electrons. The van der Waals surface area contributed by atoms with E-state index in [4.69, 9.17) is 14.2 Å². The molecule has 0 spiro atoms. The van der Waals surface area contributed by atoms with Crippen molar-refractivity contribution >= 4 is 23.8 Å². The van der Waals surface area contributed by atoms with Crippen molar-refractivity contribution in [1.82, 2.24) is 10.6 Å². The first-order valence-corrected chi connectivity index (χ1v) is 15.2. The van der Waals surface area contributed by atoms with E-state index in [-0.39, 0.29) is 45.1 Å². The van der Waals surface area contributed by atoms with Crippen molar-refractivity contribution in [3.8, 4) is 11.1 Å². The van der Waals surface area contributed by atoms with Crippen molar-refractivity contribution in [2.45, 2.75) is 45.0 Å². The molecule has 224 valence electrons. The number of urea groups is 1. The van der Waals surface area contributed by atoms with Crippen LogP contribution in [0, 0.1) is 0 Å². The van der Waals surface area contributed by atoms with E-state index in [2.05, 4.69) is 10.6 Å². The van der Waals surface area contributed by atoms with Crippen LogP contribution in [-0.4, -0.2) is 59.6 Å². The summed E-state index contributed by atoms with van der Waals surface area (Å²) in [7, 11) is 0. The quantitative estimate of drug-likeness (QED) is 0.169. The Balaban J connectivity index is 1.45. The Morgan fingerprint density at radius 2 is 1.69 bits per heavy atom. The van der Waals surface area contributed by atoms with Crippen molar-refractivity contribution in [1.29, 1.82) is 0 Å². The zero-order valence-corrected chi connectivity index (χ0v) is 24.5. The molecule has 0 saturated carbocycles. The lowest BCUT2D eigenvalue weighted by atomic mass is 9.98. The molecule has 3 unspecified atom stereocenters. The topological polar surface area (TPSA) is 126 Å². The molecule has 2 amide bonds. The molecule has 1 saturated heterocycles. The summed E-state index contributed by atoms with van der Waals surface area (Å²) < 4.78 is 17.6. The van der Waals surface area contributed by atoms with Gasteiger partial charge in [-0.3, -0.25) is 4.79 Å². The highest BCUT2D eigenvalue weighted by molar-refractivity contribution is 7.99. The van der Waals surface area contributed by atoms with Gasteiger partial charge in [-0.25, -0.2) is 4.79 Å². The van der Waals surface area contributed by atoms with Gasteiger partial charge in [-0.15, -0.1) is 0 Å². The summed E-state index contributed by atoms with van der Waals surface area (Å²) in [5.41, 5.74) is 5.64. The average Bonchev–Trinajstić information content (AvgIpc) is 3.03. The van der Waals surface area contributed by atoms with E-state index < -0.39 is 18.3 Å². The van der Waals surface area contributed by atoms with Crippen LogP contribution in [0.1, 0.15) is 48.0 Å². The number of aliphatic hydroxyl groups is 2. The number of benzene rings is 3. The fourth-order valence-electron chi connectivity index (χ4n) is 4.68. The fraction of sp³-hybridized carbons (Fsp3) is 0.375. The van der Waals surface area contributed by atoms with Gasteiger partial charge in [-0.05, 0) is 34.7 Å². The Hall–Kier alpha value is -3.41. The molecule has 3 atom stereocenters. The lowest BCUT2D eigenvalue weighted by Gasteiger charge is -2.36. The molecule has 0 aliphatic carbocycles. The number of esters is 1. The van der Waals surface area contributed by atoms with Gasteiger partial charge < -0.3 is 35.1 Å². The van der Waals surface area contributed by atoms with Gasteiger partial charge in [0, 0.05) is 30.0 Å². The SMILES string of the molecule is CCOC(=O)CNC(=O)NCc1ccccc1-c1ccc(C2OC(CSCCO)CC(c3ccc(CO)cc3)O2)cc1. The molecule has 4 N–H and O–H groups in total. The number of amides is 2. The number of carbonyl (C=O) groups excluding carboxylic acids is 2. The Kier molecular flexibility index (Phi) is 12.2. The van der Waals surface area contributed by atoms with E-state index in [0.29, 0.717) is 12.2 Å². The third-order valence-electron chi connectivity index (χ3n) is 6.80. The molecule has 10 heteroatoms. The van der Waals surface area contributed by atoms with Crippen molar-refractivity contribution < 1.29 is 34.0 Å². The van der Waals surface area contributed by atoms with Gasteiger partial charge in [0.25, 0.3) is 0 Å². The molecule has 9 nitrogen and oxygen atoms in total. The first kappa shape index (κ1) is 31.5. The average molecular weight is 595 g/mol. The van der Waals surface area contributed by atoms with Gasteiger partial charge in [-0.2, -0.15) is 11.8 Å². The normalized spacial score (nSPS) is 18.3. The molecule has 0 bridgehead atoms. The predicted molar refractivity (Wildman–Crippen MR) is 162 cm³/mol. The van der Waals surface area contributed by atoms with E-state index in [9.17, 15) is 19.8 Å². The van der Waals surface area contributed by atoms with Gasteiger partial charge in [0.05, 0.1) is 32.0 Å². The Morgan fingerprint density at radius 1 is 0.952 bits per heavy atom. The van der Waals surface area contributed by atoms with Crippen LogP contribution >= 0.6 is 11.8 Å². The van der Waals surface area contributed by atoms with E-state index in [1.165, 1.54) is 0 Å². The molecule has 1 aliphatic heterocycles. The maximum absolute atomic E-state index is 12.2. The highest BCUT2D eigenvalue weighted by atomic mass is 32.2. The van der Waals surface area contributed by atoms with Crippen LogP contribution in [0.15, 0.2) is 72.8 Å². The number of hydrogen-bond acceptors (Lipinski definition) is 8. The third-order valence-corrected chi connectivity index (χ3v) is 7.88. The number of aliphatic hydroxyl groups excluding tert-OH is 2. The fourth-order valence-corrected chi connectivity index (χ4v) is 5.45. The zero-order valence-electron chi connectivity index (χ0n) is 23.7. The van der Waals surface area contributed by atoms with Crippen LogP contribution in [0.2, 0.25) is 0 Å². The minimum Gasteiger partial charge on any atom is -0.465 e. The summed E-state index contributed by atoms with van der Waals surface area (Å²) in [5, 5.41) is 23.9. The largest absolute Gasteiger partial charge is 0.465 e. The minimum atomic E-state index is -0.560. The number of thioether (sulfide) groups is 1. The molecule has 3 aromatic rings. The van der Waals surface area contributed by atoms with Crippen LogP contribution in [0.4, 0.5) is 4.79 Å². The third kappa shape index (κ3) is 9.04. The van der Waals surface area contributed by atoms with Gasteiger partial charge >= 0.3 is 12.0 Å². The van der Waals surface area contributed by atoms with E-state index in [1.54, 1.807) is 18.7 Å². The van der Waals surface area contributed by atoms with Gasteiger partial charge in [0.2, 0.25) is 0 Å². The summed E-state index contributed by atoms with van der Waals surface area (Å²) in [6.45, 7) is 2.18. The lowest BCUT2D eigenvalue weighted by molar-refractivity contribution is -0.245.